The van der Waals surface area contributed by atoms with Crippen molar-refractivity contribution in [1.29, 1.82) is 5.26 Å². The van der Waals surface area contributed by atoms with Gasteiger partial charge in [-0.05, 0) is 57.8 Å². The molecule has 1 saturated heterocycles. The second-order valence-electron chi connectivity index (χ2n) is 6.01. The van der Waals surface area contributed by atoms with Crippen molar-refractivity contribution in [2.75, 3.05) is 6.54 Å². The number of nitrogens with two attached hydrogens (primary N) is 1. The standard InChI is InChI=1S/C14H20BN3O2/c1-13(2)14(3,4)20-15(19-13)12-7-11(8-17)18-9-10(12)5-6-16/h7,9H,5-6,16H2,1-4H3. The van der Waals surface area contributed by atoms with Crippen LogP contribution in [0, 0.1) is 11.3 Å². The molecule has 0 aromatic carbocycles. The molecule has 1 aliphatic rings. The van der Waals surface area contributed by atoms with Crippen LogP contribution in [0.25, 0.3) is 0 Å². The lowest BCUT2D eigenvalue weighted by molar-refractivity contribution is 0.00578. The third-order valence-electron chi connectivity index (χ3n) is 4.06. The summed E-state index contributed by atoms with van der Waals surface area (Å²) in [5.74, 6) is 0. The molecule has 0 atom stereocenters. The summed E-state index contributed by atoms with van der Waals surface area (Å²) in [5.41, 5.74) is 6.98. The highest BCUT2D eigenvalue weighted by atomic mass is 16.7. The summed E-state index contributed by atoms with van der Waals surface area (Å²) in [6, 6.07) is 3.78. The fraction of sp³-hybridized carbons (Fsp3) is 0.571. The predicted molar refractivity (Wildman–Crippen MR) is 77.4 cm³/mol. The molecule has 0 radical (unpaired) electrons. The van der Waals surface area contributed by atoms with Gasteiger partial charge in [0.2, 0.25) is 0 Å². The van der Waals surface area contributed by atoms with Gasteiger partial charge in [0.25, 0.3) is 0 Å². The van der Waals surface area contributed by atoms with Crippen molar-refractivity contribution in [3.63, 3.8) is 0 Å². The minimum Gasteiger partial charge on any atom is -0.399 e. The van der Waals surface area contributed by atoms with E-state index in [2.05, 4.69) is 4.98 Å². The molecule has 6 heteroatoms. The van der Waals surface area contributed by atoms with E-state index in [9.17, 15) is 0 Å². The lowest BCUT2D eigenvalue weighted by Crippen LogP contribution is -2.41. The van der Waals surface area contributed by atoms with Gasteiger partial charge in [0.1, 0.15) is 11.8 Å². The first-order valence-corrected chi connectivity index (χ1v) is 6.75. The Hall–Kier alpha value is -1.42. The fourth-order valence-corrected chi connectivity index (χ4v) is 2.11. The van der Waals surface area contributed by atoms with Gasteiger partial charge in [-0.2, -0.15) is 5.26 Å². The second kappa shape index (κ2) is 5.17. The zero-order valence-electron chi connectivity index (χ0n) is 12.4. The van der Waals surface area contributed by atoms with Crippen LogP contribution < -0.4 is 11.2 Å². The van der Waals surface area contributed by atoms with Gasteiger partial charge in [0.15, 0.2) is 0 Å². The summed E-state index contributed by atoms with van der Waals surface area (Å²) < 4.78 is 12.1. The van der Waals surface area contributed by atoms with Gasteiger partial charge in [0, 0.05) is 6.20 Å². The Morgan fingerprint density at radius 1 is 1.30 bits per heavy atom. The van der Waals surface area contributed by atoms with Crippen LogP contribution in [-0.2, 0) is 15.7 Å². The van der Waals surface area contributed by atoms with E-state index in [1.807, 2.05) is 33.8 Å². The zero-order chi connectivity index (χ0) is 15.0. The summed E-state index contributed by atoms with van der Waals surface area (Å²) in [7, 11) is -0.489. The molecule has 1 aromatic rings. The molecule has 106 valence electrons. The summed E-state index contributed by atoms with van der Waals surface area (Å²) in [6.45, 7) is 8.52. The molecule has 2 rings (SSSR count). The van der Waals surface area contributed by atoms with Crippen molar-refractivity contribution in [2.45, 2.75) is 45.3 Å². The van der Waals surface area contributed by atoms with Gasteiger partial charge in [-0.15, -0.1) is 0 Å². The van der Waals surface area contributed by atoms with Crippen molar-refractivity contribution in [2.24, 2.45) is 5.73 Å². The van der Waals surface area contributed by atoms with E-state index < -0.39 is 18.3 Å². The fourth-order valence-electron chi connectivity index (χ4n) is 2.11. The monoisotopic (exact) mass is 273 g/mol. The first-order chi connectivity index (χ1) is 9.30. The Labute approximate surface area is 120 Å². The van der Waals surface area contributed by atoms with E-state index in [-0.39, 0.29) is 0 Å². The number of pyridine rings is 1. The smallest absolute Gasteiger partial charge is 0.399 e. The van der Waals surface area contributed by atoms with Crippen LogP contribution in [0.5, 0.6) is 0 Å². The van der Waals surface area contributed by atoms with Crippen LogP contribution in [0.15, 0.2) is 12.3 Å². The Morgan fingerprint density at radius 3 is 2.40 bits per heavy atom. The highest BCUT2D eigenvalue weighted by Crippen LogP contribution is 2.36. The van der Waals surface area contributed by atoms with Crippen LogP contribution in [0.2, 0.25) is 0 Å². The van der Waals surface area contributed by atoms with Crippen molar-refractivity contribution in [1.82, 2.24) is 4.98 Å². The Morgan fingerprint density at radius 2 is 1.90 bits per heavy atom. The molecule has 20 heavy (non-hydrogen) atoms. The maximum Gasteiger partial charge on any atom is 0.495 e. The topological polar surface area (TPSA) is 81.2 Å². The van der Waals surface area contributed by atoms with Gasteiger partial charge in [0.05, 0.1) is 11.2 Å². The molecular weight excluding hydrogens is 253 g/mol. The van der Waals surface area contributed by atoms with Gasteiger partial charge < -0.3 is 15.0 Å². The molecule has 1 aromatic heterocycles. The minimum absolute atomic E-state index is 0.357. The lowest BCUT2D eigenvalue weighted by Gasteiger charge is -2.32. The number of hydrogen-bond donors (Lipinski definition) is 1. The molecule has 2 heterocycles. The Balaban J connectivity index is 2.40. The SMILES string of the molecule is CC1(C)OB(c2cc(C#N)ncc2CCN)OC1(C)C. The molecule has 0 amide bonds. The van der Waals surface area contributed by atoms with Crippen LogP contribution in [0.1, 0.15) is 39.0 Å². The second-order valence-corrected chi connectivity index (χ2v) is 6.01. The van der Waals surface area contributed by atoms with Crippen molar-refractivity contribution in [3.8, 4) is 6.07 Å². The molecular formula is C14H20BN3O2. The highest BCUT2D eigenvalue weighted by molar-refractivity contribution is 6.62. The van der Waals surface area contributed by atoms with Crippen LogP contribution in [0.4, 0.5) is 0 Å². The van der Waals surface area contributed by atoms with Crippen LogP contribution in [0.3, 0.4) is 0 Å². The van der Waals surface area contributed by atoms with Gasteiger partial charge in [-0.25, -0.2) is 4.98 Å². The van der Waals surface area contributed by atoms with E-state index in [0.717, 1.165) is 11.0 Å². The molecule has 5 nitrogen and oxygen atoms in total. The first kappa shape index (κ1) is 15.0. The maximum absolute atomic E-state index is 9.01. The molecule has 0 saturated carbocycles. The van der Waals surface area contributed by atoms with E-state index >= 15 is 0 Å². The predicted octanol–water partition coefficient (Wildman–Crippen LogP) is 0.754. The highest BCUT2D eigenvalue weighted by Gasteiger charge is 2.52. The van der Waals surface area contributed by atoms with Crippen molar-refractivity contribution in [3.05, 3.63) is 23.5 Å². The van der Waals surface area contributed by atoms with Gasteiger partial charge in [-0.1, -0.05) is 0 Å². The molecule has 1 fully saturated rings. The number of aromatic nitrogens is 1. The molecule has 2 N–H and O–H groups in total. The summed E-state index contributed by atoms with van der Waals surface area (Å²) in [4.78, 5) is 4.09. The largest absolute Gasteiger partial charge is 0.495 e. The lowest BCUT2D eigenvalue weighted by atomic mass is 9.75. The normalized spacial score (nSPS) is 19.9. The average Bonchev–Trinajstić information content (AvgIpc) is 2.59. The Kier molecular flexibility index (Phi) is 3.87. The van der Waals surface area contributed by atoms with Gasteiger partial charge >= 0.3 is 7.12 Å². The molecule has 1 aliphatic heterocycles. The average molecular weight is 273 g/mol. The number of hydrogen-bond acceptors (Lipinski definition) is 5. The van der Waals surface area contributed by atoms with Crippen LogP contribution in [-0.4, -0.2) is 29.8 Å². The quantitative estimate of drug-likeness (QED) is 0.822. The molecule has 0 spiro atoms. The third-order valence-corrected chi connectivity index (χ3v) is 4.06. The Bertz CT molecular complexity index is 536. The minimum atomic E-state index is -0.489. The van der Waals surface area contributed by atoms with Crippen LogP contribution >= 0.6 is 0 Å². The molecule has 0 unspecified atom stereocenters. The number of nitriles is 1. The van der Waals surface area contributed by atoms with E-state index in [1.54, 1.807) is 12.3 Å². The number of rotatable bonds is 3. The van der Waals surface area contributed by atoms with Crippen molar-refractivity contribution >= 4 is 12.6 Å². The number of nitrogens with zero attached hydrogens (tertiary/aromatic N) is 2. The zero-order valence-corrected chi connectivity index (χ0v) is 12.4. The summed E-state index contributed by atoms with van der Waals surface area (Å²) in [6.07, 6.45) is 2.36. The molecule has 0 aliphatic carbocycles. The van der Waals surface area contributed by atoms with Crippen molar-refractivity contribution < 1.29 is 9.31 Å². The molecule has 0 bridgehead atoms. The summed E-state index contributed by atoms with van der Waals surface area (Å²) in [5, 5.41) is 9.01. The third kappa shape index (κ3) is 2.57. The van der Waals surface area contributed by atoms with E-state index in [4.69, 9.17) is 20.3 Å². The first-order valence-electron chi connectivity index (χ1n) is 6.75. The maximum atomic E-state index is 9.01. The van der Waals surface area contributed by atoms with E-state index in [0.29, 0.717) is 18.7 Å². The van der Waals surface area contributed by atoms with E-state index in [1.165, 1.54) is 0 Å². The summed E-state index contributed by atoms with van der Waals surface area (Å²) >= 11 is 0. The van der Waals surface area contributed by atoms with Gasteiger partial charge in [-0.3, -0.25) is 0 Å².